The summed E-state index contributed by atoms with van der Waals surface area (Å²) in [5.41, 5.74) is 1.14. The molecule has 0 aliphatic carbocycles. The monoisotopic (exact) mass is 236 g/mol. The minimum absolute atomic E-state index is 0.0687. The van der Waals surface area contributed by atoms with E-state index >= 15 is 0 Å². The highest BCUT2D eigenvalue weighted by atomic mass is 16.3. The second-order valence-electron chi connectivity index (χ2n) is 4.59. The van der Waals surface area contributed by atoms with Crippen LogP contribution in [0.1, 0.15) is 22.8 Å². The second-order valence-corrected chi connectivity index (χ2v) is 4.59. The zero-order chi connectivity index (χ0) is 13.0. The lowest BCUT2D eigenvalue weighted by atomic mass is 10.1. The molecule has 94 valence electrons. The van der Waals surface area contributed by atoms with E-state index in [1.54, 1.807) is 25.1 Å². The number of hydrogen-bond acceptors (Lipinski definition) is 3. The molecular formula is C13H20N2O2. The van der Waals surface area contributed by atoms with E-state index in [0.717, 1.165) is 6.54 Å². The van der Waals surface area contributed by atoms with Gasteiger partial charge in [-0.2, -0.15) is 0 Å². The van der Waals surface area contributed by atoms with Crippen molar-refractivity contribution >= 4 is 5.91 Å². The molecular weight excluding hydrogens is 216 g/mol. The van der Waals surface area contributed by atoms with Crippen LogP contribution in [0.25, 0.3) is 0 Å². The Balaban J connectivity index is 2.73. The highest BCUT2D eigenvalue weighted by molar-refractivity contribution is 5.96. The fraction of sp³-hybridized carbons (Fsp3) is 0.462. The number of phenols is 1. The summed E-state index contributed by atoms with van der Waals surface area (Å²) in [5, 5.41) is 12.4. The molecule has 0 aromatic heterocycles. The molecule has 1 atom stereocenters. The van der Waals surface area contributed by atoms with Crippen molar-refractivity contribution in [3.8, 4) is 5.75 Å². The van der Waals surface area contributed by atoms with Crippen LogP contribution in [0.15, 0.2) is 18.2 Å². The van der Waals surface area contributed by atoms with E-state index in [-0.39, 0.29) is 17.7 Å². The molecule has 4 nitrogen and oxygen atoms in total. The van der Waals surface area contributed by atoms with Crippen molar-refractivity contribution < 1.29 is 9.90 Å². The first-order valence-corrected chi connectivity index (χ1v) is 5.66. The van der Waals surface area contributed by atoms with Gasteiger partial charge in [0.05, 0.1) is 0 Å². The molecule has 0 aliphatic heterocycles. The van der Waals surface area contributed by atoms with E-state index in [9.17, 15) is 9.90 Å². The smallest absolute Gasteiger partial charge is 0.251 e. The van der Waals surface area contributed by atoms with Crippen LogP contribution in [-0.4, -0.2) is 42.6 Å². The summed E-state index contributed by atoms with van der Waals surface area (Å²) >= 11 is 0. The van der Waals surface area contributed by atoms with Gasteiger partial charge in [-0.3, -0.25) is 4.79 Å². The number of nitrogens with zero attached hydrogens (tertiary/aromatic N) is 1. The molecule has 0 radical (unpaired) electrons. The van der Waals surface area contributed by atoms with Gasteiger partial charge in [-0.15, -0.1) is 0 Å². The number of carbonyl (C=O) groups is 1. The van der Waals surface area contributed by atoms with Crippen molar-refractivity contribution in [2.24, 2.45) is 0 Å². The molecule has 0 saturated heterocycles. The quantitative estimate of drug-likeness (QED) is 0.830. The van der Waals surface area contributed by atoms with Gasteiger partial charge in [0, 0.05) is 23.7 Å². The van der Waals surface area contributed by atoms with Crippen LogP contribution in [-0.2, 0) is 0 Å². The summed E-state index contributed by atoms with van der Waals surface area (Å²) in [6, 6.07) is 5.04. The molecule has 1 rings (SSSR count). The van der Waals surface area contributed by atoms with Crippen molar-refractivity contribution in [2.45, 2.75) is 19.9 Å². The Hall–Kier alpha value is -1.55. The van der Waals surface area contributed by atoms with Crippen LogP contribution in [0.4, 0.5) is 0 Å². The zero-order valence-electron chi connectivity index (χ0n) is 10.8. The Morgan fingerprint density at radius 2 is 2.12 bits per heavy atom. The lowest BCUT2D eigenvalue weighted by Crippen LogP contribution is -2.39. The van der Waals surface area contributed by atoms with Gasteiger partial charge in [-0.25, -0.2) is 0 Å². The maximum atomic E-state index is 12.0. The average molecular weight is 236 g/mol. The molecule has 0 saturated carbocycles. The van der Waals surface area contributed by atoms with Gasteiger partial charge in [0.1, 0.15) is 5.75 Å². The second kappa shape index (κ2) is 5.68. The van der Waals surface area contributed by atoms with Gasteiger partial charge in [-0.1, -0.05) is 6.07 Å². The zero-order valence-corrected chi connectivity index (χ0v) is 10.8. The summed E-state index contributed by atoms with van der Waals surface area (Å²) in [5.74, 6) is 0.00524. The van der Waals surface area contributed by atoms with Crippen LogP contribution in [0.5, 0.6) is 5.75 Å². The van der Waals surface area contributed by atoms with E-state index in [4.69, 9.17) is 0 Å². The number of likely N-dealkylation sites (N-methyl/N-ethyl adjacent to an activating group) is 1. The van der Waals surface area contributed by atoms with Crippen molar-refractivity contribution in [3.63, 3.8) is 0 Å². The molecule has 1 aromatic carbocycles. The molecule has 2 N–H and O–H groups in total. The van der Waals surface area contributed by atoms with Crippen LogP contribution in [0.3, 0.4) is 0 Å². The fourth-order valence-corrected chi connectivity index (χ4v) is 1.76. The number of aromatic hydroxyl groups is 1. The normalized spacial score (nSPS) is 12.5. The minimum atomic E-state index is -0.146. The number of nitrogens with one attached hydrogen (secondary N) is 1. The largest absolute Gasteiger partial charge is 0.508 e. The van der Waals surface area contributed by atoms with E-state index < -0.39 is 0 Å². The third kappa shape index (κ3) is 3.75. The van der Waals surface area contributed by atoms with Gasteiger partial charge < -0.3 is 15.3 Å². The average Bonchev–Trinajstić information content (AvgIpc) is 2.20. The van der Waals surface area contributed by atoms with Gasteiger partial charge in [0.25, 0.3) is 5.91 Å². The first-order chi connectivity index (χ1) is 7.91. The number of benzene rings is 1. The minimum Gasteiger partial charge on any atom is -0.508 e. The van der Waals surface area contributed by atoms with Gasteiger partial charge >= 0.3 is 0 Å². The van der Waals surface area contributed by atoms with Crippen LogP contribution in [0, 0.1) is 6.92 Å². The maximum absolute atomic E-state index is 12.0. The number of amides is 1. The highest BCUT2D eigenvalue weighted by Crippen LogP contribution is 2.19. The van der Waals surface area contributed by atoms with E-state index in [2.05, 4.69) is 5.32 Å². The third-order valence-corrected chi connectivity index (χ3v) is 2.57. The number of rotatable bonds is 4. The van der Waals surface area contributed by atoms with E-state index in [1.165, 1.54) is 0 Å². The Morgan fingerprint density at radius 1 is 1.47 bits per heavy atom. The van der Waals surface area contributed by atoms with E-state index in [0.29, 0.717) is 11.1 Å². The first kappa shape index (κ1) is 13.5. The van der Waals surface area contributed by atoms with Crippen LogP contribution in [0.2, 0.25) is 0 Å². The Morgan fingerprint density at radius 3 is 2.71 bits per heavy atom. The summed E-state index contributed by atoms with van der Waals surface area (Å²) in [4.78, 5) is 14.0. The van der Waals surface area contributed by atoms with Crippen LogP contribution >= 0.6 is 0 Å². The summed E-state index contributed by atoms with van der Waals surface area (Å²) in [6.07, 6.45) is 0. The topological polar surface area (TPSA) is 52.6 Å². The summed E-state index contributed by atoms with van der Waals surface area (Å²) < 4.78 is 0. The molecule has 0 spiro atoms. The molecule has 0 bridgehead atoms. The standard InChI is InChI=1S/C13H20N2O2/c1-9(8-15(3)4)14-13(17)11-6-5-7-12(16)10(11)2/h5-7,9,16H,8H2,1-4H3,(H,14,17). The number of hydrogen-bond donors (Lipinski definition) is 2. The lowest BCUT2D eigenvalue weighted by molar-refractivity contribution is 0.0933. The third-order valence-electron chi connectivity index (χ3n) is 2.57. The molecule has 0 aliphatic rings. The Labute approximate surface area is 102 Å². The molecule has 0 fully saturated rings. The fourth-order valence-electron chi connectivity index (χ4n) is 1.76. The molecule has 17 heavy (non-hydrogen) atoms. The first-order valence-electron chi connectivity index (χ1n) is 5.66. The number of carbonyl (C=O) groups excluding carboxylic acids is 1. The Kier molecular flexibility index (Phi) is 4.52. The van der Waals surface area contributed by atoms with E-state index in [1.807, 2.05) is 25.9 Å². The van der Waals surface area contributed by atoms with Crippen molar-refractivity contribution in [1.82, 2.24) is 10.2 Å². The molecule has 1 amide bonds. The molecule has 4 heteroatoms. The van der Waals surface area contributed by atoms with Crippen molar-refractivity contribution in [2.75, 3.05) is 20.6 Å². The predicted molar refractivity (Wildman–Crippen MR) is 68.3 cm³/mol. The van der Waals surface area contributed by atoms with Gasteiger partial charge in [0.15, 0.2) is 0 Å². The molecule has 0 heterocycles. The molecule has 1 aromatic rings. The predicted octanol–water partition coefficient (Wildman–Crippen LogP) is 1.38. The summed E-state index contributed by atoms with van der Waals surface area (Å²) in [6.45, 7) is 4.47. The van der Waals surface area contributed by atoms with Crippen LogP contribution < -0.4 is 5.32 Å². The molecule has 1 unspecified atom stereocenters. The highest BCUT2D eigenvalue weighted by Gasteiger charge is 2.13. The lowest BCUT2D eigenvalue weighted by Gasteiger charge is -2.19. The maximum Gasteiger partial charge on any atom is 0.251 e. The SMILES string of the molecule is Cc1c(O)cccc1C(=O)NC(C)CN(C)C. The van der Waals surface area contributed by atoms with Crippen molar-refractivity contribution in [3.05, 3.63) is 29.3 Å². The van der Waals surface area contributed by atoms with Gasteiger partial charge in [0.2, 0.25) is 0 Å². The van der Waals surface area contributed by atoms with Gasteiger partial charge in [-0.05, 0) is 40.1 Å². The summed E-state index contributed by atoms with van der Waals surface area (Å²) in [7, 11) is 3.92. The van der Waals surface area contributed by atoms with Crippen molar-refractivity contribution in [1.29, 1.82) is 0 Å². The number of phenolic OH excluding ortho intramolecular Hbond substituents is 1. The Bertz CT molecular complexity index is 402.